The van der Waals surface area contributed by atoms with Gasteiger partial charge in [-0.3, -0.25) is 4.90 Å². The van der Waals surface area contributed by atoms with Gasteiger partial charge in [-0.05, 0) is 25.0 Å². The lowest BCUT2D eigenvalue weighted by Gasteiger charge is -2.19. The van der Waals surface area contributed by atoms with Gasteiger partial charge in [0.05, 0.1) is 6.20 Å². The topological polar surface area (TPSA) is 110 Å². The molecule has 27 heavy (non-hydrogen) atoms. The van der Waals surface area contributed by atoms with Gasteiger partial charge in [0.2, 0.25) is 5.96 Å². The number of nitrogens with two attached hydrogens (primary N) is 2. The number of nitrogens with zero attached hydrogens (tertiary/aromatic N) is 5. The molecule has 2 heterocycles. The summed E-state index contributed by atoms with van der Waals surface area (Å²) in [5.41, 5.74) is 14.3. The normalized spacial score (nSPS) is 15.2. The second kappa shape index (κ2) is 7.77. The molecule has 1 aliphatic heterocycles. The van der Waals surface area contributed by atoms with Crippen molar-refractivity contribution in [2.24, 2.45) is 21.5 Å². The van der Waals surface area contributed by atoms with Crippen LogP contribution in [0.5, 0.6) is 0 Å². The van der Waals surface area contributed by atoms with E-state index in [1.165, 1.54) is 0 Å². The highest BCUT2D eigenvalue weighted by atomic mass is 15.5. The van der Waals surface area contributed by atoms with Crippen LogP contribution >= 0.6 is 0 Å². The van der Waals surface area contributed by atoms with E-state index in [0.717, 1.165) is 11.1 Å². The lowest BCUT2D eigenvalue weighted by Crippen LogP contribution is -2.37. The summed E-state index contributed by atoms with van der Waals surface area (Å²) in [6.07, 6.45) is 3.65. The van der Waals surface area contributed by atoms with Gasteiger partial charge in [0.1, 0.15) is 17.3 Å². The second-order valence-electron chi connectivity index (χ2n) is 6.14. The van der Waals surface area contributed by atoms with Crippen molar-refractivity contribution in [1.29, 1.82) is 0 Å². The van der Waals surface area contributed by atoms with Crippen molar-refractivity contribution < 1.29 is 0 Å². The lowest BCUT2D eigenvalue weighted by atomic mass is 10.2. The summed E-state index contributed by atoms with van der Waals surface area (Å²) in [6, 6.07) is 10.0. The highest BCUT2D eigenvalue weighted by Crippen LogP contribution is 2.19. The van der Waals surface area contributed by atoms with Gasteiger partial charge in [0, 0.05) is 19.3 Å². The summed E-state index contributed by atoms with van der Waals surface area (Å²) in [5.74, 6) is 1.75. The van der Waals surface area contributed by atoms with E-state index in [0.29, 0.717) is 36.4 Å². The van der Waals surface area contributed by atoms with E-state index in [2.05, 4.69) is 27.0 Å². The van der Waals surface area contributed by atoms with Crippen molar-refractivity contribution in [3.8, 4) is 0 Å². The maximum atomic E-state index is 5.85. The number of aliphatic imine (C=N–C) groups is 2. The van der Waals surface area contributed by atoms with E-state index in [4.69, 9.17) is 11.5 Å². The Morgan fingerprint density at radius 1 is 1.26 bits per heavy atom. The first-order chi connectivity index (χ1) is 13.0. The molecule has 1 aliphatic rings. The average molecular weight is 364 g/mol. The molecular formula is C19H24N8. The third kappa shape index (κ3) is 4.00. The number of amidine groups is 1. The minimum absolute atomic E-state index is 0.0990. The van der Waals surface area contributed by atoms with Crippen molar-refractivity contribution in [1.82, 2.24) is 20.0 Å². The Labute approximate surface area is 158 Å². The Morgan fingerprint density at radius 2 is 2.00 bits per heavy atom. The van der Waals surface area contributed by atoms with Gasteiger partial charge in [-0.25, -0.2) is 14.7 Å². The van der Waals surface area contributed by atoms with Crippen molar-refractivity contribution in [3.05, 3.63) is 77.8 Å². The molecule has 0 fully saturated rings. The summed E-state index contributed by atoms with van der Waals surface area (Å²) in [5, 5.41) is 7.53. The van der Waals surface area contributed by atoms with Crippen molar-refractivity contribution >= 4 is 11.8 Å². The molecule has 0 bridgehead atoms. The van der Waals surface area contributed by atoms with Gasteiger partial charge in [-0.2, -0.15) is 5.10 Å². The first-order valence-electron chi connectivity index (χ1n) is 8.68. The van der Waals surface area contributed by atoms with Crippen LogP contribution in [0.15, 0.2) is 76.6 Å². The first-order valence-corrected chi connectivity index (χ1v) is 8.68. The molecule has 2 aromatic rings. The molecule has 1 aromatic carbocycles. The fourth-order valence-electron chi connectivity index (χ4n) is 2.70. The second-order valence-corrected chi connectivity index (χ2v) is 6.14. The molecule has 0 saturated carbocycles. The number of aromatic nitrogens is 2. The molecule has 3 rings (SSSR count). The van der Waals surface area contributed by atoms with E-state index in [9.17, 15) is 0 Å². The largest absolute Gasteiger partial charge is 0.384 e. The molecular weight excluding hydrogens is 340 g/mol. The van der Waals surface area contributed by atoms with Crippen LogP contribution in [-0.2, 0) is 6.54 Å². The first kappa shape index (κ1) is 18.2. The minimum atomic E-state index is 0.0990. The molecule has 5 N–H and O–H groups in total. The molecule has 0 unspecified atom stereocenters. The van der Waals surface area contributed by atoms with Crippen LogP contribution in [0.25, 0.3) is 0 Å². The summed E-state index contributed by atoms with van der Waals surface area (Å²) >= 11 is 0. The van der Waals surface area contributed by atoms with E-state index >= 15 is 0 Å². The third-order valence-corrected chi connectivity index (χ3v) is 4.01. The van der Waals surface area contributed by atoms with Gasteiger partial charge in [-0.15, -0.1) is 0 Å². The number of likely N-dealkylation sites (N-methyl/N-ethyl adjacent to an activating group) is 1. The highest BCUT2D eigenvalue weighted by molar-refractivity contribution is 6.15. The van der Waals surface area contributed by atoms with E-state index in [1.54, 1.807) is 10.9 Å². The zero-order valence-corrected chi connectivity index (χ0v) is 15.6. The average Bonchev–Trinajstić information content (AvgIpc) is 3.24. The summed E-state index contributed by atoms with van der Waals surface area (Å²) < 4.78 is 1.68. The van der Waals surface area contributed by atoms with Crippen LogP contribution in [0.1, 0.15) is 18.1 Å². The molecule has 0 amide bonds. The quantitative estimate of drug-likeness (QED) is 0.744. The summed E-state index contributed by atoms with van der Waals surface area (Å²) in [6.45, 7) is 9.20. The zero-order valence-electron chi connectivity index (χ0n) is 15.6. The molecule has 8 nitrogen and oxygen atoms in total. The van der Waals surface area contributed by atoms with E-state index < -0.39 is 0 Å². The Balaban J connectivity index is 1.85. The van der Waals surface area contributed by atoms with Crippen LogP contribution < -0.4 is 16.8 Å². The number of hydrogen-bond acceptors (Lipinski definition) is 6. The molecule has 140 valence electrons. The fraction of sp³-hybridized carbons (Fsp3) is 0.211. The maximum Gasteiger partial charge on any atom is 0.233 e. The van der Waals surface area contributed by atoms with Crippen LogP contribution in [0.3, 0.4) is 0 Å². The standard InChI is InChI=1S/C19H24N8/c1-4-26-18(24-14(3)22-11-15-8-6-5-7-9-15)16(17(20)21)25-19(26)27-12-13(2)10-23-27/h5-10,12,22H,3-4,11,20-21H2,1-2H3/b24-18+. The van der Waals surface area contributed by atoms with Crippen LogP contribution in [0.2, 0.25) is 0 Å². The van der Waals surface area contributed by atoms with Gasteiger partial charge in [-0.1, -0.05) is 36.9 Å². The van der Waals surface area contributed by atoms with Gasteiger partial charge in [0.25, 0.3) is 0 Å². The van der Waals surface area contributed by atoms with Crippen LogP contribution in [-0.4, -0.2) is 33.0 Å². The molecule has 0 radical (unpaired) electrons. The van der Waals surface area contributed by atoms with Crippen LogP contribution in [0, 0.1) is 6.92 Å². The lowest BCUT2D eigenvalue weighted by molar-refractivity contribution is 0.616. The molecule has 0 spiro atoms. The number of aryl methyl sites for hydroxylation is 1. The maximum absolute atomic E-state index is 5.85. The van der Waals surface area contributed by atoms with Crippen molar-refractivity contribution in [3.63, 3.8) is 0 Å². The van der Waals surface area contributed by atoms with Gasteiger partial charge < -0.3 is 16.8 Å². The highest BCUT2D eigenvalue weighted by Gasteiger charge is 2.30. The van der Waals surface area contributed by atoms with Gasteiger partial charge >= 0.3 is 0 Å². The van der Waals surface area contributed by atoms with Gasteiger partial charge in [0.15, 0.2) is 5.84 Å². The zero-order chi connectivity index (χ0) is 19.4. The van der Waals surface area contributed by atoms with Crippen molar-refractivity contribution in [2.75, 3.05) is 6.54 Å². The van der Waals surface area contributed by atoms with E-state index in [1.807, 2.05) is 55.3 Å². The molecule has 1 aromatic heterocycles. The number of rotatable bonds is 5. The van der Waals surface area contributed by atoms with Crippen LogP contribution in [0.4, 0.5) is 0 Å². The summed E-state index contributed by atoms with van der Waals surface area (Å²) in [7, 11) is 0. The fourth-order valence-corrected chi connectivity index (χ4v) is 2.70. The molecule has 0 atom stereocenters. The molecule has 0 saturated heterocycles. The SMILES string of the molecule is C=C(/N=C1\C(=C(N)N)N=C(n2cc(C)cn2)N1CC)NCc1ccccc1. The Hall–Kier alpha value is -3.55. The third-order valence-electron chi connectivity index (χ3n) is 4.01. The monoisotopic (exact) mass is 364 g/mol. The Kier molecular flexibility index (Phi) is 5.25. The molecule has 8 heteroatoms. The predicted molar refractivity (Wildman–Crippen MR) is 107 cm³/mol. The summed E-state index contributed by atoms with van der Waals surface area (Å²) in [4.78, 5) is 11.0. The number of benzene rings is 1. The van der Waals surface area contributed by atoms with E-state index in [-0.39, 0.29) is 5.82 Å². The number of hydrogen-bond donors (Lipinski definition) is 3. The Morgan fingerprint density at radius 3 is 2.59 bits per heavy atom. The Bertz CT molecular complexity index is 916. The van der Waals surface area contributed by atoms with Crippen molar-refractivity contribution in [2.45, 2.75) is 20.4 Å². The smallest absolute Gasteiger partial charge is 0.233 e. The molecule has 0 aliphatic carbocycles. The number of nitrogens with one attached hydrogen (secondary N) is 1. The predicted octanol–water partition coefficient (Wildman–Crippen LogP) is 1.48. The minimum Gasteiger partial charge on any atom is -0.384 e.